The lowest BCUT2D eigenvalue weighted by molar-refractivity contribution is 0.0939. The molecule has 0 saturated heterocycles. The fourth-order valence-corrected chi connectivity index (χ4v) is 2.45. The number of benzene rings is 1. The van der Waals surface area contributed by atoms with Crippen LogP contribution in [0, 0.1) is 0 Å². The standard InChI is InChI=1S/C13H17N3OS/c1-8(7-18-2)15-13(17)12-6-9-5-10(14)3-4-11(9)16-12/h3-6,8,16H,7,14H2,1-2H3,(H,15,17). The van der Waals surface area contributed by atoms with Crippen LogP contribution in [0.5, 0.6) is 0 Å². The zero-order chi connectivity index (χ0) is 13.1. The van der Waals surface area contributed by atoms with E-state index in [1.807, 2.05) is 37.4 Å². The molecule has 0 spiro atoms. The number of nitrogens with one attached hydrogen (secondary N) is 2. The number of anilines is 1. The average molecular weight is 263 g/mol. The predicted octanol–water partition coefficient (Wildman–Crippen LogP) is 2.23. The highest BCUT2D eigenvalue weighted by Crippen LogP contribution is 2.18. The third-order valence-corrected chi connectivity index (χ3v) is 3.52. The van der Waals surface area contributed by atoms with Crippen LogP contribution < -0.4 is 11.1 Å². The molecule has 0 saturated carbocycles. The summed E-state index contributed by atoms with van der Waals surface area (Å²) in [6.45, 7) is 2.00. The van der Waals surface area contributed by atoms with Crippen molar-refractivity contribution < 1.29 is 4.79 Å². The molecule has 1 amide bonds. The van der Waals surface area contributed by atoms with Crippen molar-refractivity contribution in [3.8, 4) is 0 Å². The fraction of sp³-hybridized carbons (Fsp3) is 0.308. The molecular formula is C13H17N3OS. The van der Waals surface area contributed by atoms with E-state index in [1.165, 1.54) is 0 Å². The number of nitrogens with two attached hydrogens (primary N) is 1. The third kappa shape index (κ3) is 2.79. The highest BCUT2D eigenvalue weighted by atomic mass is 32.2. The molecule has 4 N–H and O–H groups in total. The Morgan fingerprint density at radius 3 is 3.00 bits per heavy atom. The number of nitrogen functional groups attached to an aromatic ring is 1. The quantitative estimate of drug-likeness (QED) is 0.741. The summed E-state index contributed by atoms with van der Waals surface area (Å²) in [5.41, 5.74) is 7.91. The van der Waals surface area contributed by atoms with E-state index >= 15 is 0 Å². The largest absolute Gasteiger partial charge is 0.399 e. The maximum atomic E-state index is 12.0. The summed E-state index contributed by atoms with van der Waals surface area (Å²) in [6, 6.07) is 7.54. The number of rotatable bonds is 4. The molecule has 18 heavy (non-hydrogen) atoms. The Balaban J connectivity index is 2.18. The summed E-state index contributed by atoms with van der Waals surface area (Å²) in [4.78, 5) is 15.1. The Bertz CT molecular complexity index is 564. The molecule has 0 radical (unpaired) electrons. The van der Waals surface area contributed by atoms with E-state index in [1.54, 1.807) is 11.8 Å². The van der Waals surface area contributed by atoms with Gasteiger partial charge in [-0.15, -0.1) is 0 Å². The van der Waals surface area contributed by atoms with Crippen molar-refractivity contribution in [2.75, 3.05) is 17.7 Å². The van der Waals surface area contributed by atoms with Gasteiger partial charge < -0.3 is 16.0 Å². The van der Waals surface area contributed by atoms with Crippen molar-refractivity contribution in [3.63, 3.8) is 0 Å². The second-order valence-corrected chi connectivity index (χ2v) is 5.27. The SMILES string of the molecule is CSCC(C)NC(=O)c1cc2cc(N)ccc2[nH]1. The van der Waals surface area contributed by atoms with Crippen LogP contribution in [0.15, 0.2) is 24.3 Å². The fourth-order valence-electron chi connectivity index (χ4n) is 1.87. The molecule has 0 bridgehead atoms. The highest BCUT2D eigenvalue weighted by Gasteiger charge is 2.12. The number of thioether (sulfide) groups is 1. The zero-order valence-electron chi connectivity index (χ0n) is 10.5. The van der Waals surface area contributed by atoms with E-state index < -0.39 is 0 Å². The normalized spacial score (nSPS) is 12.6. The molecule has 0 aliphatic carbocycles. The van der Waals surface area contributed by atoms with Crippen LogP contribution >= 0.6 is 11.8 Å². The maximum Gasteiger partial charge on any atom is 0.267 e. The van der Waals surface area contributed by atoms with E-state index in [0.717, 1.165) is 16.7 Å². The van der Waals surface area contributed by atoms with Gasteiger partial charge in [0.05, 0.1) is 0 Å². The topological polar surface area (TPSA) is 70.9 Å². The minimum absolute atomic E-state index is 0.0775. The van der Waals surface area contributed by atoms with Crippen molar-refractivity contribution in [1.82, 2.24) is 10.3 Å². The van der Waals surface area contributed by atoms with Crippen molar-refractivity contribution in [3.05, 3.63) is 30.0 Å². The lowest BCUT2D eigenvalue weighted by Crippen LogP contribution is -2.34. The molecule has 4 nitrogen and oxygen atoms in total. The number of carbonyl (C=O) groups is 1. The maximum absolute atomic E-state index is 12.0. The first-order chi connectivity index (χ1) is 8.60. The van der Waals surface area contributed by atoms with Gasteiger partial charge in [0.25, 0.3) is 5.91 Å². The minimum Gasteiger partial charge on any atom is -0.399 e. The van der Waals surface area contributed by atoms with Gasteiger partial charge in [-0.3, -0.25) is 4.79 Å². The molecule has 5 heteroatoms. The van der Waals surface area contributed by atoms with Gasteiger partial charge in [-0.2, -0.15) is 11.8 Å². The lowest BCUT2D eigenvalue weighted by atomic mass is 10.2. The van der Waals surface area contributed by atoms with E-state index in [-0.39, 0.29) is 11.9 Å². The number of amides is 1. The van der Waals surface area contributed by atoms with Gasteiger partial charge >= 0.3 is 0 Å². The molecule has 1 unspecified atom stereocenters. The van der Waals surface area contributed by atoms with E-state index in [9.17, 15) is 4.79 Å². The van der Waals surface area contributed by atoms with Crippen LogP contribution in [0.25, 0.3) is 10.9 Å². The van der Waals surface area contributed by atoms with Crippen LogP contribution in [-0.2, 0) is 0 Å². The molecule has 2 rings (SSSR count). The minimum atomic E-state index is -0.0775. The second kappa shape index (κ2) is 5.35. The smallest absolute Gasteiger partial charge is 0.267 e. The molecule has 0 fully saturated rings. The van der Waals surface area contributed by atoms with Gasteiger partial charge in [0.15, 0.2) is 0 Å². The molecule has 0 aliphatic heterocycles. The predicted molar refractivity (Wildman–Crippen MR) is 78.0 cm³/mol. The van der Waals surface area contributed by atoms with Gasteiger partial charge in [-0.1, -0.05) is 0 Å². The van der Waals surface area contributed by atoms with Crippen LogP contribution in [0.3, 0.4) is 0 Å². The first-order valence-corrected chi connectivity index (χ1v) is 7.17. The third-order valence-electron chi connectivity index (χ3n) is 2.68. The molecule has 2 aromatic rings. The molecule has 1 aromatic heterocycles. The number of hydrogen-bond donors (Lipinski definition) is 3. The lowest BCUT2D eigenvalue weighted by Gasteiger charge is -2.11. The van der Waals surface area contributed by atoms with Crippen molar-refractivity contribution >= 4 is 34.3 Å². The first-order valence-electron chi connectivity index (χ1n) is 5.78. The summed E-state index contributed by atoms with van der Waals surface area (Å²) in [5, 5.41) is 3.91. The Morgan fingerprint density at radius 1 is 1.50 bits per heavy atom. The van der Waals surface area contributed by atoms with E-state index in [4.69, 9.17) is 5.73 Å². The number of aromatic nitrogens is 1. The molecule has 0 aliphatic rings. The number of carbonyl (C=O) groups excluding carboxylic acids is 1. The van der Waals surface area contributed by atoms with Crippen molar-refractivity contribution in [2.24, 2.45) is 0 Å². The van der Waals surface area contributed by atoms with E-state index in [2.05, 4.69) is 10.3 Å². The summed E-state index contributed by atoms with van der Waals surface area (Å²) in [6.07, 6.45) is 2.02. The van der Waals surface area contributed by atoms with Gasteiger partial charge in [0, 0.05) is 28.4 Å². The number of hydrogen-bond acceptors (Lipinski definition) is 3. The summed E-state index contributed by atoms with van der Waals surface area (Å²) in [7, 11) is 0. The average Bonchev–Trinajstić information content (AvgIpc) is 2.72. The second-order valence-electron chi connectivity index (χ2n) is 4.36. The van der Waals surface area contributed by atoms with Gasteiger partial charge in [0.2, 0.25) is 0 Å². The Kier molecular flexibility index (Phi) is 3.81. The molecule has 1 aromatic carbocycles. The van der Waals surface area contributed by atoms with Crippen LogP contribution in [-0.4, -0.2) is 28.9 Å². The van der Waals surface area contributed by atoms with Crippen LogP contribution in [0.4, 0.5) is 5.69 Å². The molecular weight excluding hydrogens is 246 g/mol. The van der Waals surface area contributed by atoms with Crippen LogP contribution in [0.1, 0.15) is 17.4 Å². The van der Waals surface area contributed by atoms with Gasteiger partial charge in [0.1, 0.15) is 5.69 Å². The van der Waals surface area contributed by atoms with E-state index in [0.29, 0.717) is 11.4 Å². The summed E-state index contributed by atoms with van der Waals surface area (Å²) in [5.74, 6) is 0.824. The molecule has 1 atom stereocenters. The highest BCUT2D eigenvalue weighted by molar-refractivity contribution is 7.98. The Labute approximate surface area is 110 Å². The molecule has 96 valence electrons. The first kappa shape index (κ1) is 12.8. The number of H-pyrrole nitrogens is 1. The van der Waals surface area contributed by atoms with Gasteiger partial charge in [-0.25, -0.2) is 0 Å². The summed E-state index contributed by atoms with van der Waals surface area (Å²) >= 11 is 1.71. The summed E-state index contributed by atoms with van der Waals surface area (Å²) < 4.78 is 0. The van der Waals surface area contributed by atoms with Gasteiger partial charge in [-0.05, 0) is 37.4 Å². The van der Waals surface area contributed by atoms with Crippen LogP contribution in [0.2, 0.25) is 0 Å². The number of aromatic amines is 1. The Morgan fingerprint density at radius 2 is 2.28 bits per heavy atom. The monoisotopic (exact) mass is 263 g/mol. The Hall–Kier alpha value is -1.62. The number of fused-ring (bicyclic) bond motifs is 1. The van der Waals surface area contributed by atoms with Crippen molar-refractivity contribution in [1.29, 1.82) is 0 Å². The zero-order valence-corrected chi connectivity index (χ0v) is 11.3. The molecule has 1 heterocycles. The van der Waals surface area contributed by atoms with Crippen molar-refractivity contribution in [2.45, 2.75) is 13.0 Å².